The summed E-state index contributed by atoms with van der Waals surface area (Å²) in [5.41, 5.74) is 5.61. The van der Waals surface area contributed by atoms with E-state index in [1.807, 2.05) is 6.07 Å². The van der Waals surface area contributed by atoms with Gasteiger partial charge in [0.1, 0.15) is 11.6 Å². The Bertz CT molecular complexity index is 1240. The van der Waals surface area contributed by atoms with Crippen LogP contribution in [0.15, 0.2) is 60.7 Å². The molecule has 0 aliphatic rings. The predicted molar refractivity (Wildman–Crippen MR) is 138 cm³/mol. The van der Waals surface area contributed by atoms with Gasteiger partial charge in [0.25, 0.3) is 0 Å². The number of para-hydroxylation sites is 2. The van der Waals surface area contributed by atoms with Gasteiger partial charge in [0.2, 0.25) is 0 Å². The number of imidazole rings is 1. The summed E-state index contributed by atoms with van der Waals surface area (Å²) < 4.78 is 3.40. The van der Waals surface area contributed by atoms with E-state index in [4.69, 9.17) is 4.98 Å². The van der Waals surface area contributed by atoms with Gasteiger partial charge in [-0.25, -0.2) is 4.98 Å². The number of nitrogens with zero attached hydrogens (tertiary/aromatic N) is 2. The van der Waals surface area contributed by atoms with Gasteiger partial charge in [0.05, 0.1) is 11.0 Å². The van der Waals surface area contributed by atoms with E-state index in [0.717, 1.165) is 39.2 Å². The third kappa shape index (κ3) is 4.10. The molecule has 3 aromatic carbocycles. The van der Waals surface area contributed by atoms with E-state index in [9.17, 15) is 5.11 Å². The molecule has 1 heterocycles. The molecule has 1 aromatic heterocycles. The van der Waals surface area contributed by atoms with Crippen molar-refractivity contribution in [2.45, 2.75) is 52.4 Å². The zero-order valence-electron chi connectivity index (χ0n) is 19.0. The first-order valence-electron chi connectivity index (χ1n) is 10.6. The van der Waals surface area contributed by atoms with Crippen LogP contribution in [0.1, 0.15) is 52.7 Å². The number of phenols is 1. The molecule has 0 fully saturated rings. The lowest BCUT2D eigenvalue weighted by Crippen LogP contribution is -2.18. The Morgan fingerprint density at radius 1 is 0.806 bits per heavy atom. The van der Waals surface area contributed by atoms with E-state index >= 15 is 0 Å². The molecule has 0 aliphatic carbocycles. The lowest BCUT2D eigenvalue weighted by atomic mass is 9.79. The standard InChI is InChI=1S/C27H29IN2O/c1-26(2,3)20-15-19(16-21(24(20)31)27(4,5)6)30-23-13-8-7-12-22(23)29-25(30)17-10-9-11-18(28)14-17/h7-16,31H,1-6H3. The monoisotopic (exact) mass is 524 g/mol. The van der Waals surface area contributed by atoms with Crippen molar-refractivity contribution >= 4 is 33.6 Å². The quantitative estimate of drug-likeness (QED) is 0.274. The number of halogens is 1. The highest BCUT2D eigenvalue weighted by Gasteiger charge is 2.28. The number of hydrogen-bond acceptors (Lipinski definition) is 2. The Kier molecular flexibility index (Phi) is 5.41. The molecule has 0 aliphatic heterocycles. The minimum Gasteiger partial charge on any atom is -0.507 e. The van der Waals surface area contributed by atoms with Gasteiger partial charge in [0.15, 0.2) is 0 Å². The molecule has 4 aromatic rings. The molecule has 4 heteroatoms. The van der Waals surface area contributed by atoms with Crippen molar-refractivity contribution in [3.8, 4) is 22.8 Å². The van der Waals surface area contributed by atoms with Gasteiger partial charge in [-0.3, -0.25) is 4.57 Å². The highest BCUT2D eigenvalue weighted by atomic mass is 127. The minimum atomic E-state index is -0.196. The molecule has 3 nitrogen and oxygen atoms in total. The number of phenolic OH excluding ortho intramolecular Hbond substituents is 1. The van der Waals surface area contributed by atoms with Crippen molar-refractivity contribution in [2.75, 3.05) is 0 Å². The van der Waals surface area contributed by atoms with Crippen molar-refractivity contribution in [3.63, 3.8) is 0 Å². The van der Waals surface area contributed by atoms with Crippen LogP contribution < -0.4 is 0 Å². The summed E-state index contributed by atoms with van der Waals surface area (Å²) in [6.45, 7) is 12.9. The molecule has 0 radical (unpaired) electrons. The highest BCUT2D eigenvalue weighted by molar-refractivity contribution is 14.1. The van der Waals surface area contributed by atoms with Crippen molar-refractivity contribution < 1.29 is 5.11 Å². The average Bonchev–Trinajstić information content (AvgIpc) is 3.06. The number of rotatable bonds is 2. The molecule has 0 amide bonds. The second-order valence-corrected chi connectivity index (χ2v) is 11.4. The van der Waals surface area contributed by atoms with Gasteiger partial charge in [-0.15, -0.1) is 0 Å². The van der Waals surface area contributed by atoms with E-state index < -0.39 is 0 Å². The summed E-state index contributed by atoms with van der Waals surface area (Å²) >= 11 is 2.34. The summed E-state index contributed by atoms with van der Waals surface area (Å²) in [7, 11) is 0. The molecular formula is C27H29IN2O. The molecular weight excluding hydrogens is 495 g/mol. The summed E-state index contributed by atoms with van der Waals surface area (Å²) in [6.07, 6.45) is 0. The second-order valence-electron chi connectivity index (χ2n) is 10.2. The highest BCUT2D eigenvalue weighted by Crippen LogP contribution is 2.42. The Hall–Kier alpha value is -2.34. The summed E-state index contributed by atoms with van der Waals surface area (Å²) in [5, 5.41) is 11.2. The van der Waals surface area contributed by atoms with Gasteiger partial charge >= 0.3 is 0 Å². The number of fused-ring (bicyclic) bond motifs is 1. The fourth-order valence-corrected chi connectivity index (χ4v) is 4.54. The number of aromatic nitrogens is 2. The lowest BCUT2D eigenvalue weighted by Gasteiger charge is -2.28. The number of hydrogen-bond donors (Lipinski definition) is 1. The van der Waals surface area contributed by atoms with E-state index in [0.29, 0.717) is 5.75 Å². The zero-order chi connectivity index (χ0) is 22.6. The Morgan fingerprint density at radius 2 is 1.42 bits per heavy atom. The summed E-state index contributed by atoms with van der Waals surface area (Å²) in [6, 6.07) is 20.9. The SMILES string of the molecule is CC(C)(C)c1cc(-n2c(-c3cccc(I)c3)nc3ccccc32)cc(C(C)(C)C)c1O. The molecule has 4 rings (SSSR count). The fourth-order valence-electron chi connectivity index (χ4n) is 4.00. The van der Waals surface area contributed by atoms with E-state index in [-0.39, 0.29) is 10.8 Å². The summed E-state index contributed by atoms with van der Waals surface area (Å²) in [4.78, 5) is 5.00. The first-order chi connectivity index (χ1) is 14.5. The molecule has 0 saturated carbocycles. The molecule has 0 spiro atoms. The smallest absolute Gasteiger partial charge is 0.145 e. The fraction of sp³-hybridized carbons (Fsp3) is 0.296. The minimum absolute atomic E-state index is 0.196. The number of benzene rings is 3. The van der Waals surface area contributed by atoms with Crippen LogP contribution in [0.5, 0.6) is 5.75 Å². The largest absolute Gasteiger partial charge is 0.507 e. The van der Waals surface area contributed by atoms with Crippen LogP contribution in [0, 0.1) is 3.57 Å². The van der Waals surface area contributed by atoms with E-state index in [1.54, 1.807) is 0 Å². The van der Waals surface area contributed by atoms with Crippen molar-refractivity contribution in [1.82, 2.24) is 9.55 Å². The van der Waals surface area contributed by atoms with Crippen LogP contribution in [-0.4, -0.2) is 14.7 Å². The molecule has 31 heavy (non-hydrogen) atoms. The van der Waals surface area contributed by atoms with Crippen LogP contribution >= 0.6 is 22.6 Å². The van der Waals surface area contributed by atoms with Crippen LogP contribution in [0.4, 0.5) is 0 Å². The van der Waals surface area contributed by atoms with E-state index in [2.05, 4.69) is 123 Å². The molecule has 1 N–H and O–H groups in total. The van der Waals surface area contributed by atoms with Gasteiger partial charge in [-0.1, -0.05) is 65.8 Å². The summed E-state index contributed by atoms with van der Waals surface area (Å²) in [5.74, 6) is 1.30. The van der Waals surface area contributed by atoms with Crippen molar-refractivity contribution in [2.24, 2.45) is 0 Å². The maximum absolute atomic E-state index is 11.2. The van der Waals surface area contributed by atoms with Gasteiger partial charge in [-0.05, 0) is 69.8 Å². The zero-order valence-corrected chi connectivity index (χ0v) is 21.2. The average molecular weight is 524 g/mol. The van der Waals surface area contributed by atoms with Crippen LogP contribution in [-0.2, 0) is 10.8 Å². The number of aromatic hydroxyl groups is 1. The Labute approximate surface area is 198 Å². The third-order valence-corrected chi connectivity index (χ3v) is 6.28. The van der Waals surface area contributed by atoms with Crippen LogP contribution in [0.25, 0.3) is 28.1 Å². The molecule has 160 valence electrons. The van der Waals surface area contributed by atoms with Gasteiger partial charge in [0, 0.05) is 25.9 Å². The van der Waals surface area contributed by atoms with Crippen molar-refractivity contribution in [1.29, 1.82) is 0 Å². The van der Waals surface area contributed by atoms with Crippen molar-refractivity contribution in [3.05, 3.63) is 75.4 Å². The molecule has 0 unspecified atom stereocenters. The van der Waals surface area contributed by atoms with Gasteiger partial charge in [-0.2, -0.15) is 0 Å². The maximum Gasteiger partial charge on any atom is 0.145 e. The first kappa shape index (κ1) is 21.9. The lowest BCUT2D eigenvalue weighted by molar-refractivity contribution is 0.423. The first-order valence-corrected chi connectivity index (χ1v) is 11.7. The molecule has 0 atom stereocenters. The Balaban J connectivity index is 2.11. The van der Waals surface area contributed by atoms with E-state index in [1.165, 1.54) is 3.57 Å². The molecule has 0 saturated heterocycles. The maximum atomic E-state index is 11.2. The molecule has 0 bridgehead atoms. The van der Waals surface area contributed by atoms with Gasteiger partial charge < -0.3 is 5.11 Å². The Morgan fingerprint density at radius 3 is 2.00 bits per heavy atom. The topological polar surface area (TPSA) is 38.0 Å². The normalized spacial score (nSPS) is 12.5. The predicted octanol–water partition coefficient (Wildman–Crippen LogP) is 7.60. The van der Waals surface area contributed by atoms with Crippen LogP contribution in [0.2, 0.25) is 0 Å². The second kappa shape index (κ2) is 7.66. The third-order valence-electron chi connectivity index (χ3n) is 5.61. The van der Waals surface area contributed by atoms with Crippen LogP contribution in [0.3, 0.4) is 0 Å².